The fraction of sp³-hybridized carbons (Fsp3) is 0.667. The van der Waals surface area contributed by atoms with Crippen molar-refractivity contribution in [3.8, 4) is 0 Å². The van der Waals surface area contributed by atoms with E-state index in [2.05, 4.69) is 28.4 Å². The number of pyridine rings is 1. The van der Waals surface area contributed by atoms with Gasteiger partial charge in [-0.2, -0.15) is 5.10 Å². The molecular formula is C21H30N4O2. The fourth-order valence-electron chi connectivity index (χ4n) is 4.62. The highest BCUT2D eigenvalue weighted by Gasteiger charge is 2.27. The molecule has 1 aliphatic carbocycles. The molecule has 1 aliphatic heterocycles. The van der Waals surface area contributed by atoms with Crippen molar-refractivity contribution in [3.63, 3.8) is 0 Å². The standard InChI is InChI=1S/C21H30N4O2/c1-14(2)19-18-17(24-11-7-4-8-12-24)13-16(21(26)27)22-20(18)25(23-19)15-9-5-3-6-10-15/h13-15H,3-12H2,1-2H3,(H,26,27). The number of aromatic nitrogens is 3. The molecule has 146 valence electrons. The summed E-state index contributed by atoms with van der Waals surface area (Å²) in [6, 6.07) is 2.11. The predicted octanol–water partition coefficient (Wildman–Crippen LogP) is 4.75. The molecule has 1 N–H and O–H groups in total. The highest BCUT2D eigenvalue weighted by atomic mass is 16.4. The number of nitrogens with zero attached hydrogens (tertiary/aromatic N) is 4. The molecule has 0 amide bonds. The van der Waals surface area contributed by atoms with Crippen LogP contribution in [0.3, 0.4) is 0 Å². The zero-order valence-electron chi connectivity index (χ0n) is 16.4. The third kappa shape index (κ3) is 3.42. The summed E-state index contributed by atoms with van der Waals surface area (Å²) < 4.78 is 2.06. The molecule has 2 aromatic heterocycles. The Kier molecular flexibility index (Phi) is 5.06. The number of carboxylic acid groups (broad SMARTS) is 1. The summed E-state index contributed by atoms with van der Waals surface area (Å²) in [5.41, 5.74) is 2.98. The number of piperidine rings is 1. The van der Waals surface area contributed by atoms with Crippen LogP contribution in [0.4, 0.5) is 5.69 Å². The van der Waals surface area contributed by atoms with Gasteiger partial charge in [-0.15, -0.1) is 0 Å². The summed E-state index contributed by atoms with van der Waals surface area (Å²) in [6.07, 6.45) is 9.45. The summed E-state index contributed by atoms with van der Waals surface area (Å²) in [5, 5.41) is 15.7. The molecule has 27 heavy (non-hydrogen) atoms. The SMILES string of the molecule is CC(C)c1nn(C2CCCCC2)c2nc(C(=O)O)cc(N3CCCCC3)c12. The Morgan fingerprint density at radius 1 is 1.11 bits per heavy atom. The zero-order chi connectivity index (χ0) is 19.0. The Hall–Kier alpha value is -2.11. The van der Waals surface area contributed by atoms with Gasteiger partial charge in [-0.05, 0) is 44.1 Å². The molecule has 3 heterocycles. The normalized spacial score (nSPS) is 19.1. The average molecular weight is 370 g/mol. The van der Waals surface area contributed by atoms with Crippen LogP contribution < -0.4 is 4.90 Å². The van der Waals surface area contributed by atoms with Crippen LogP contribution in [0.1, 0.15) is 93.4 Å². The summed E-state index contributed by atoms with van der Waals surface area (Å²) in [4.78, 5) is 18.7. The Balaban J connectivity index is 1.94. The van der Waals surface area contributed by atoms with Gasteiger partial charge in [0.05, 0.1) is 22.8 Å². The van der Waals surface area contributed by atoms with Gasteiger partial charge < -0.3 is 10.0 Å². The first-order valence-corrected chi connectivity index (χ1v) is 10.5. The summed E-state index contributed by atoms with van der Waals surface area (Å²) in [5.74, 6) is -0.684. The Morgan fingerprint density at radius 2 is 1.78 bits per heavy atom. The second-order valence-corrected chi connectivity index (χ2v) is 8.35. The van der Waals surface area contributed by atoms with E-state index in [4.69, 9.17) is 5.10 Å². The van der Waals surface area contributed by atoms with Gasteiger partial charge in [-0.3, -0.25) is 0 Å². The largest absolute Gasteiger partial charge is 0.477 e. The molecule has 0 spiro atoms. The molecule has 1 saturated heterocycles. The van der Waals surface area contributed by atoms with Gasteiger partial charge in [0.1, 0.15) is 0 Å². The molecule has 6 nitrogen and oxygen atoms in total. The van der Waals surface area contributed by atoms with E-state index in [-0.39, 0.29) is 11.6 Å². The number of carbonyl (C=O) groups is 1. The monoisotopic (exact) mass is 370 g/mol. The summed E-state index contributed by atoms with van der Waals surface area (Å²) >= 11 is 0. The topological polar surface area (TPSA) is 71.2 Å². The number of carboxylic acids is 1. The fourth-order valence-corrected chi connectivity index (χ4v) is 4.62. The van der Waals surface area contributed by atoms with Gasteiger partial charge in [-0.1, -0.05) is 33.1 Å². The van der Waals surface area contributed by atoms with Crippen LogP contribution in [0.2, 0.25) is 0 Å². The number of hydrogen-bond acceptors (Lipinski definition) is 4. The van der Waals surface area contributed by atoms with Crippen molar-refractivity contribution in [2.24, 2.45) is 0 Å². The van der Waals surface area contributed by atoms with Crippen molar-refractivity contribution in [1.29, 1.82) is 0 Å². The van der Waals surface area contributed by atoms with E-state index in [1.54, 1.807) is 6.07 Å². The summed E-state index contributed by atoms with van der Waals surface area (Å²) in [6.45, 7) is 6.28. The highest BCUT2D eigenvalue weighted by Crippen LogP contribution is 2.38. The van der Waals surface area contributed by atoms with Gasteiger partial charge in [0, 0.05) is 13.1 Å². The molecule has 0 radical (unpaired) electrons. The second kappa shape index (κ2) is 7.49. The van der Waals surface area contributed by atoms with Crippen molar-refractivity contribution < 1.29 is 9.90 Å². The van der Waals surface area contributed by atoms with Crippen molar-refractivity contribution >= 4 is 22.7 Å². The molecule has 0 aromatic carbocycles. The molecule has 0 unspecified atom stereocenters. The van der Waals surface area contributed by atoms with E-state index in [1.807, 2.05) is 0 Å². The minimum Gasteiger partial charge on any atom is -0.477 e. The van der Waals surface area contributed by atoms with Crippen LogP contribution >= 0.6 is 0 Å². The number of aromatic carboxylic acids is 1. The van der Waals surface area contributed by atoms with Crippen LogP contribution in [0.15, 0.2) is 6.07 Å². The molecule has 0 atom stereocenters. The van der Waals surface area contributed by atoms with Crippen molar-refractivity contribution in [1.82, 2.24) is 14.8 Å². The van der Waals surface area contributed by atoms with Crippen molar-refractivity contribution in [2.75, 3.05) is 18.0 Å². The maximum atomic E-state index is 11.8. The first kappa shape index (κ1) is 18.3. The maximum Gasteiger partial charge on any atom is 0.354 e. The third-order valence-corrected chi connectivity index (χ3v) is 6.05. The van der Waals surface area contributed by atoms with Crippen LogP contribution in [0.5, 0.6) is 0 Å². The number of rotatable bonds is 4. The lowest BCUT2D eigenvalue weighted by Gasteiger charge is -2.30. The minimum atomic E-state index is -0.961. The van der Waals surface area contributed by atoms with Crippen LogP contribution in [-0.4, -0.2) is 38.9 Å². The van der Waals surface area contributed by atoms with E-state index >= 15 is 0 Å². The number of anilines is 1. The van der Waals surface area contributed by atoms with Crippen molar-refractivity contribution in [2.45, 2.75) is 77.2 Å². The van der Waals surface area contributed by atoms with Crippen LogP contribution in [0, 0.1) is 0 Å². The van der Waals surface area contributed by atoms with Crippen LogP contribution in [0.25, 0.3) is 11.0 Å². The van der Waals surface area contributed by atoms with Gasteiger partial charge in [0.25, 0.3) is 0 Å². The van der Waals surface area contributed by atoms with Gasteiger partial charge in [0.15, 0.2) is 11.3 Å². The molecule has 4 rings (SSSR count). The second-order valence-electron chi connectivity index (χ2n) is 8.35. The average Bonchev–Trinajstić information content (AvgIpc) is 3.08. The molecule has 2 fully saturated rings. The quantitative estimate of drug-likeness (QED) is 0.841. The molecule has 1 saturated carbocycles. The Labute approximate surface area is 160 Å². The van der Waals surface area contributed by atoms with Crippen LogP contribution in [-0.2, 0) is 0 Å². The maximum absolute atomic E-state index is 11.8. The Morgan fingerprint density at radius 3 is 2.41 bits per heavy atom. The Bertz CT molecular complexity index is 830. The predicted molar refractivity (Wildman–Crippen MR) is 107 cm³/mol. The lowest BCUT2D eigenvalue weighted by atomic mass is 9.95. The zero-order valence-corrected chi connectivity index (χ0v) is 16.4. The van der Waals surface area contributed by atoms with Gasteiger partial charge in [-0.25, -0.2) is 14.5 Å². The first-order valence-electron chi connectivity index (χ1n) is 10.5. The van der Waals surface area contributed by atoms with Crippen molar-refractivity contribution in [3.05, 3.63) is 17.5 Å². The first-order chi connectivity index (χ1) is 13.1. The molecule has 2 aliphatic rings. The van der Waals surface area contributed by atoms with E-state index in [0.717, 1.165) is 61.2 Å². The minimum absolute atomic E-state index is 0.135. The highest BCUT2D eigenvalue weighted by molar-refractivity contribution is 5.98. The lowest BCUT2D eigenvalue weighted by molar-refractivity contribution is 0.0691. The van der Waals surface area contributed by atoms with E-state index in [1.165, 1.54) is 25.7 Å². The van der Waals surface area contributed by atoms with Gasteiger partial charge in [0.2, 0.25) is 0 Å². The molecular weight excluding hydrogens is 340 g/mol. The lowest BCUT2D eigenvalue weighted by Crippen LogP contribution is -2.30. The van der Waals surface area contributed by atoms with Gasteiger partial charge >= 0.3 is 5.97 Å². The molecule has 0 bridgehead atoms. The third-order valence-electron chi connectivity index (χ3n) is 6.05. The number of fused-ring (bicyclic) bond motifs is 1. The molecule has 6 heteroatoms. The number of hydrogen-bond donors (Lipinski definition) is 1. The van der Waals surface area contributed by atoms with E-state index < -0.39 is 5.97 Å². The van der Waals surface area contributed by atoms with E-state index in [9.17, 15) is 9.90 Å². The molecule has 2 aromatic rings. The smallest absolute Gasteiger partial charge is 0.354 e. The van der Waals surface area contributed by atoms with E-state index in [0.29, 0.717) is 6.04 Å². The summed E-state index contributed by atoms with van der Waals surface area (Å²) in [7, 11) is 0.